The smallest absolute Gasteiger partial charge is 0.233 e. The number of aryl methyl sites for hydroxylation is 1. The van der Waals surface area contributed by atoms with Crippen LogP contribution in [0.5, 0.6) is 5.75 Å². The number of nitrogens with zero attached hydrogens (tertiary/aromatic N) is 2. The maximum Gasteiger partial charge on any atom is 0.233 e. The van der Waals surface area contributed by atoms with Crippen LogP contribution in [0, 0.1) is 6.92 Å². The molecule has 2 rings (SSSR count). The summed E-state index contributed by atoms with van der Waals surface area (Å²) in [6.07, 6.45) is 3.27. The van der Waals surface area contributed by atoms with E-state index in [-0.39, 0.29) is 17.7 Å². The number of hydrogen-bond acceptors (Lipinski definition) is 4. The predicted octanol–water partition coefficient (Wildman–Crippen LogP) is 2.80. The lowest BCUT2D eigenvalue weighted by Gasteiger charge is -2.12. The Morgan fingerprint density at radius 2 is 1.79 bits per heavy atom. The number of ether oxygens (including phenoxy) is 1. The largest absolute Gasteiger partial charge is 0.490 e. The molecule has 0 bridgehead atoms. The minimum Gasteiger partial charge on any atom is -0.490 e. The highest BCUT2D eigenvalue weighted by Gasteiger charge is 2.17. The molecule has 19 heavy (non-hydrogen) atoms. The molecule has 0 aliphatic rings. The van der Waals surface area contributed by atoms with Crippen molar-refractivity contribution in [3.05, 3.63) is 53.6 Å². The average Bonchev–Trinajstić information content (AvgIpc) is 2.39. The average molecular weight is 256 g/mol. The summed E-state index contributed by atoms with van der Waals surface area (Å²) in [6.45, 7) is 5.72. The minimum atomic E-state index is -0.226. The van der Waals surface area contributed by atoms with Crippen molar-refractivity contribution >= 4 is 5.78 Å². The molecule has 0 unspecified atom stereocenters. The topological polar surface area (TPSA) is 52.1 Å². The zero-order valence-electron chi connectivity index (χ0n) is 11.3. The Hall–Kier alpha value is -2.23. The first-order chi connectivity index (χ1) is 9.08. The Labute approximate surface area is 112 Å². The lowest BCUT2D eigenvalue weighted by atomic mass is 10.1. The van der Waals surface area contributed by atoms with Gasteiger partial charge in [0.2, 0.25) is 11.6 Å². The summed E-state index contributed by atoms with van der Waals surface area (Å²) in [6, 6.07) is 7.14. The molecule has 0 saturated carbocycles. The molecular weight excluding hydrogens is 240 g/mol. The highest BCUT2D eigenvalue weighted by molar-refractivity contribution is 6.08. The van der Waals surface area contributed by atoms with Gasteiger partial charge in [0.1, 0.15) is 5.75 Å². The van der Waals surface area contributed by atoms with E-state index in [0.717, 1.165) is 5.56 Å². The van der Waals surface area contributed by atoms with E-state index >= 15 is 0 Å². The molecular formula is C15H16N2O2. The first kappa shape index (κ1) is 13.2. The fourth-order valence-electron chi connectivity index (χ4n) is 1.64. The van der Waals surface area contributed by atoms with E-state index in [1.807, 2.05) is 26.8 Å². The summed E-state index contributed by atoms with van der Waals surface area (Å²) in [5, 5.41) is 0. The van der Waals surface area contributed by atoms with Crippen LogP contribution < -0.4 is 4.74 Å². The van der Waals surface area contributed by atoms with Gasteiger partial charge in [-0.25, -0.2) is 9.97 Å². The van der Waals surface area contributed by atoms with E-state index in [9.17, 15) is 4.79 Å². The Morgan fingerprint density at radius 1 is 1.16 bits per heavy atom. The van der Waals surface area contributed by atoms with Gasteiger partial charge in [0, 0.05) is 12.4 Å². The van der Waals surface area contributed by atoms with Gasteiger partial charge >= 0.3 is 0 Å². The number of carbonyl (C=O) groups excluding carboxylic acids is 1. The second-order valence-corrected chi connectivity index (χ2v) is 4.58. The van der Waals surface area contributed by atoms with Crippen molar-refractivity contribution < 1.29 is 9.53 Å². The van der Waals surface area contributed by atoms with Gasteiger partial charge in [0.05, 0.1) is 11.7 Å². The first-order valence-corrected chi connectivity index (χ1v) is 6.17. The highest BCUT2D eigenvalue weighted by Crippen LogP contribution is 2.21. The van der Waals surface area contributed by atoms with Crippen LogP contribution in [-0.2, 0) is 0 Å². The molecule has 0 spiro atoms. The number of para-hydroxylation sites is 1. The third kappa shape index (κ3) is 3.16. The quantitative estimate of drug-likeness (QED) is 0.789. The molecule has 1 aromatic heterocycles. The monoisotopic (exact) mass is 256 g/mol. The van der Waals surface area contributed by atoms with Crippen LogP contribution in [0.1, 0.15) is 35.6 Å². The molecule has 0 N–H and O–H groups in total. The molecule has 98 valence electrons. The molecule has 4 nitrogen and oxygen atoms in total. The van der Waals surface area contributed by atoms with Gasteiger partial charge in [-0.05, 0) is 38.5 Å². The summed E-state index contributed by atoms with van der Waals surface area (Å²) < 4.78 is 5.64. The van der Waals surface area contributed by atoms with E-state index in [2.05, 4.69) is 9.97 Å². The van der Waals surface area contributed by atoms with Gasteiger partial charge in [0.25, 0.3) is 0 Å². The Bertz CT molecular complexity index is 577. The second-order valence-electron chi connectivity index (χ2n) is 4.58. The summed E-state index contributed by atoms with van der Waals surface area (Å²) >= 11 is 0. The molecule has 0 saturated heterocycles. The fraction of sp³-hybridized carbons (Fsp3) is 0.267. The van der Waals surface area contributed by atoms with Crippen molar-refractivity contribution in [2.75, 3.05) is 0 Å². The number of hydrogen-bond donors (Lipinski definition) is 0. The third-order valence-corrected chi connectivity index (χ3v) is 2.48. The van der Waals surface area contributed by atoms with E-state index in [1.54, 1.807) is 30.6 Å². The van der Waals surface area contributed by atoms with Crippen LogP contribution in [0.3, 0.4) is 0 Å². The molecule has 0 aliphatic carbocycles. The molecule has 0 fully saturated rings. The lowest BCUT2D eigenvalue weighted by Crippen LogP contribution is -2.12. The van der Waals surface area contributed by atoms with Crippen molar-refractivity contribution in [2.45, 2.75) is 26.9 Å². The normalized spacial score (nSPS) is 10.5. The molecule has 0 atom stereocenters. The minimum absolute atomic E-state index is 0.00730. The van der Waals surface area contributed by atoms with Crippen molar-refractivity contribution in [1.82, 2.24) is 9.97 Å². The van der Waals surface area contributed by atoms with Crippen LogP contribution in [0.15, 0.2) is 36.7 Å². The molecule has 2 aromatic rings. The Morgan fingerprint density at radius 3 is 2.42 bits per heavy atom. The maximum absolute atomic E-state index is 12.4. The fourth-order valence-corrected chi connectivity index (χ4v) is 1.64. The lowest BCUT2D eigenvalue weighted by molar-refractivity contribution is 0.102. The summed E-state index contributed by atoms with van der Waals surface area (Å²) in [7, 11) is 0. The SMILES string of the molecule is Cc1cnc(C(=O)c2ccccc2OC(C)C)nc1. The van der Waals surface area contributed by atoms with Crippen molar-refractivity contribution in [2.24, 2.45) is 0 Å². The molecule has 4 heteroatoms. The van der Waals surface area contributed by atoms with Crippen LogP contribution in [0.4, 0.5) is 0 Å². The van der Waals surface area contributed by atoms with Crippen molar-refractivity contribution in [3.8, 4) is 5.75 Å². The standard InChI is InChI=1S/C15H16N2O2/c1-10(2)19-13-7-5-4-6-12(13)14(18)15-16-8-11(3)9-17-15/h4-10H,1-3H3. The van der Waals surface area contributed by atoms with E-state index in [4.69, 9.17) is 4.74 Å². The van der Waals surface area contributed by atoms with Crippen LogP contribution in [-0.4, -0.2) is 21.9 Å². The van der Waals surface area contributed by atoms with Gasteiger partial charge in [-0.1, -0.05) is 12.1 Å². The number of rotatable bonds is 4. The highest BCUT2D eigenvalue weighted by atomic mass is 16.5. The van der Waals surface area contributed by atoms with Gasteiger partial charge in [-0.2, -0.15) is 0 Å². The first-order valence-electron chi connectivity index (χ1n) is 6.17. The molecule has 1 heterocycles. The van der Waals surface area contributed by atoms with Gasteiger partial charge in [-0.15, -0.1) is 0 Å². The molecule has 1 aromatic carbocycles. The molecule has 0 aliphatic heterocycles. The van der Waals surface area contributed by atoms with E-state index in [1.165, 1.54) is 0 Å². The number of carbonyl (C=O) groups is 1. The van der Waals surface area contributed by atoms with Gasteiger partial charge in [-0.3, -0.25) is 4.79 Å². The number of ketones is 1. The zero-order valence-corrected chi connectivity index (χ0v) is 11.3. The van der Waals surface area contributed by atoms with E-state index < -0.39 is 0 Å². The van der Waals surface area contributed by atoms with E-state index in [0.29, 0.717) is 11.3 Å². The van der Waals surface area contributed by atoms with Crippen molar-refractivity contribution in [1.29, 1.82) is 0 Å². The van der Waals surface area contributed by atoms with Crippen LogP contribution >= 0.6 is 0 Å². The Balaban J connectivity index is 2.35. The molecule has 0 amide bonds. The van der Waals surface area contributed by atoms with Crippen LogP contribution in [0.25, 0.3) is 0 Å². The zero-order chi connectivity index (χ0) is 13.8. The van der Waals surface area contributed by atoms with Crippen molar-refractivity contribution in [3.63, 3.8) is 0 Å². The third-order valence-electron chi connectivity index (χ3n) is 2.48. The second kappa shape index (κ2) is 5.61. The van der Waals surface area contributed by atoms with Crippen LogP contribution in [0.2, 0.25) is 0 Å². The van der Waals surface area contributed by atoms with Gasteiger partial charge < -0.3 is 4.74 Å². The van der Waals surface area contributed by atoms with Gasteiger partial charge in [0.15, 0.2) is 0 Å². The summed E-state index contributed by atoms with van der Waals surface area (Å²) in [5.74, 6) is 0.522. The Kier molecular flexibility index (Phi) is 3.90. The maximum atomic E-state index is 12.4. The summed E-state index contributed by atoms with van der Waals surface area (Å²) in [4.78, 5) is 20.5. The number of aromatic nitrogens is 2. The predicted molar refractivity (Wildman–Crippen MR) is 72.4 cm³/mol. The summed E-state index contributed by atoms with van der Waals surface area (Å²) in [5.41, 5.74) is 1.41. The number of benzene rings is 1. The molecule has 0 radical (unpaired) electrons.